The lowest BCUT2D eigenvalue weighted by atomic mass is 10.2. The number of benzene rings is 2. The van der Waals surface area contributed by atoms with Gasteiger partial charge in [0.05, 0.1) is 12.3 Å². The van der Waals surface area contributed by atoms with Crippen molar-refractivity contribution in [3.8, 4) is 5.75 Å². The van der Waals surface area contributed by atoms with Crippen LogP contribution in [0.3, 0.4) is 0 Å². The van der Waals surface area contributed by atoms with Crippen LogP contribution >= 0.6 is 35.4 Å². The summed E-state index contributed by atoms with van der Waals surface area (Å²) in [6.07, 6.45) is 0. The van der Waals surface area contributed by atoms with Crippen molar-refractivity contribution in [2.45, 2.75) is 0 Å². The Morgan fingerprint density at radius 3 is 2.46 bits per heavy atom. The summed E-state index contributed by atoms with van der Waals surface area (Å²) in [7, 11) is 1.49. The van der Waals surface area contributed by atoms with Gasteiger partial charge >= 0.3 is 0 Å². The highest BCUT2D eigenvalue weighted by molar-refractivity contribution is 14.1. The van der Waals surface area contributed by atoms with Gasteiger partial charge in [0.1, 0.15) is 29.5 Å². The van der Waals surface area contributed by atoms with Crippen molar-refractivity contribution in [2.24, 2.45) is 0 Å². The van der Waals surface area contributed by atoms with Crippen LogP contribution in [0.1, 0.15) is 0 Å². The van der Waals surface area contributed by atoms with E-state index in [2.05, 4.69) is 22.9 Å². The molecular weight excluding hydrogens is 456 g/mol. The third-order valence-corrected chi connectivity index (χ3v) is 3.93. The van der Waals surface area contributed by atoms with Crippen LogP contribution in [0.5, 0.6) is 5.75 Å². The Morgan fingerprint density at radius 1 is 1.08 bits per heavy atom. The standard InChI is InChI=1S/C15H14F3IN2O2S/c1-22-4-5-23-12-7-10(17)13(18)15(14(12)21-24)20-11-3-2-8(19)6-9(11)16/h2-3,6-7,20-21,24H,4-5H2,1H3. The van der Waals surface area contributed by atoms with Gasteiger partial charge in [0.15, 0.2) is 11.6 Å². The quantitative estimate of drug-likeness (QED) is 0.311. The summed E-state index contributed by atoms with van der Waals surface area (Å²) >= 11 is 5.84. The van der Waals surface area contributed by atoms with Gasteiger partial charge in [-0.1, -0.05) is 12.8 Å². The highest BCUT2D eigenvalue weighted by Crippen LogP contribution is 2.39. The molecule has 0 unspecified atom stereocenters. The lowest BCUT2D eigenvalue weighted by Gasteiger charge is -2.17. The molecule has 2 aromatic rings. The van der Waals surface area contributed by atoms with Crippen LogP contribution in [0.15, 0.2) is 24.3 Å². The van der Waals surface area contributed by atoms with Crippen molar-refractivity contribution in [3.63, 3.8) is 0 Å². The van der Waals surface area contributed by atoms with Crippen molar-refractivity contribution >= 4 is 52.5 Å². The molecule has 0 bridgehead atoms. The molecule has 0 fully saturated rings. The predicted octanol–water partition coefficient (Wildman–Crippen LogP) is 4.73. The molecule has 0 saturated carbocycles. The van der Waals surface area contributed by atoms with Crippen molar-refractivity contribution in [3.05, 3.63) is 45.3 Å². The van der Waals surface area contributed by atoms with Gasteiger partial charge in [-0.3, -0.25) is 0 Å². The van der Waals surface area contributed by atoms with E-state index in [-0.39, 0.29) is 36.0 Å². The maximum Gasteiger partial charge on any atom is 0.184 e. The van der Waals surface area contributed by atoms with Crippen molar-refractivity contribution in [1.82, 2.24) is 0 Å². The number of thiol groups is 1. The molecule has 0 amide bonds. The topological polar surface area (TPSA) is 42.5 Å². The van der Waals surface area contributed by atoms with Crippen LogP contribution in [0.25, 0.3) is 0 Å². The van der Waals surface area contributed by atoms with Crippen LogP contribution < -0.4 is 14.8 Å². The van der Waals surface area contributed by atoms with Crippen LogP contribution in [0.4, 0.5) is 30.2 Å². The lowest BCUT2D eigenvalue weighted by molar-refractivity contribution is 0.146. The number of methoxy groups -OCH3 is 1. The van der Waals surface area contributed by atoms with Crippen LogP contribution in [0.2, 0.25) is 0 Å². The highest BCUT2D eigenvalue weighted by atomic mass is 127. The smallest absolute Gasteiger partial charge is 0.184 e. The first-order chi connectivity index (χ1) is 11.5. The SMILES string of the molecule is COCCOc1cc(F)c(F)c(Nc2ccc(I)cc2F)c1NS. The number of anilines is 3. The molecule has 0 aromatic heterocycles. The van der Waals surface area contributed by atoms with Gasteiger partial charge in [-0.2, -0.15) is 0 Å². The number of hydrogen-bond acceptors (Lipinski definition) is 5. The van der Waals surface area contributed by atoms with Crippen LogP contribution in [-0.2, 0) is 4.74 Å². The predicted molar refractivity (Wildman–Crippen MR) is 98.7 cm³/mol. The molecule has 4 nitrogen and oxygen atoms in total. The zero-order valence-corrected chi connectivity index (χ0v) is 15.6. The zero-order chi connectivity index (χ0) is 17.7. The molecule has 0 aliphatic rings. The van der Waals surface area contributed by atoms with Gasteiger partial charge in [0.2, 0.25) is 0 Å². The van der Waals surface area contributed by atoms with Gasteiger partial charge in [0, 0.05) is 16.7 Å². The summed E-state index contributed by atoms with van der Waals surface area (Å²) in [5.74, 6) is -2.89. The fourth-order valence-electron chi connectivity index (χ4n) is 1.91. The van der Waals surface area contributed by atoms with E-state index in [4.69, 9.17) is 9.47 Å². The van der Waals surface area contributed by atoms with Crippen molar-refractivity contribution < 1.29 is 22.6 Å². The second-order valence-electron chi connectivity index (χ2n) is 4.62. The minimum Gasteiger partial charge on any atom is -0.489 e. The van der Waals surface area contributed by atoms with Gasteiger partial charge in [0.25, 0.3) is 0 Å². The maximum absolute atomic E-state index is 14.2. The summed E-state index contributed by atoms with van der Waals surface area (Å²) in [6.45, 7) is 0.390. The zero-order valence-electron chi connectivity index (χ0n) is 12.5. The molecule has 0 atom stereocenters. The molecule has 2 N–H and O–H groups in total. The van der Waals surface area contributed by atoms with E-state index in [1.807, 2.05) is 22.6 Å². The summed E-state index contributed by atoms with van der Waals surface area (Å²) in [5.41, 5.74) is -0.267. The third kappa shape index (κ3) is 4.39. The van der Waals surface area contributed by atoms with E-state index in [1.54, 1.807) is 6.07 Å². The Kier molecular flexibility index (Phi) is 6.87. The fraction of sp³-hybridized carbons (Fsp3) is 0.200. The molecule has 0 radical (unpaired) electrons. The average molecular weight is 470 g/mol. The third-order valence-electron chi connectivity index (χ3n) is 3.03. The highest BCUT2D eigenvalue weighted by Gasteiger charge is 2.20. The monoisotopic (exact) mass is 470 g/mol. The first kappa shape index (κ1) is 19.0. The van der Waals surface area contributed by atoms with E-state index >= 15 is 0 Å². The Hall–Kier alpha value is -1.33. The lowest BCUT2D eigenvalue weighted by Crippen LogP contribution is -2.08. The minimum absolute atomic E-state index is 0.00686. The van der Waals surface area contributed by atoms with Crippen LogP contribution in [-0.4, -0.2) is 20.3 Å². The average Bonchev–Trinajstić information content (AvgIpc) is 2.54. The normalized spacial score (nSPS) is 10.6. The van der Waals surface area contributed by atoms with Gasteiger partial charge in [-0.05, 0) is 40.8 Å². The summed E-state index contributed by atoms with van der Waals surface area (Å²) in [4.78, 5) is 0. The second kappa shape index (κ2) is 8.67. The minimum atomic E-state index is -1.18. The Bertz CT molecular complexity index is 734. The van der Waals surface area contributed by atoms with E-state index in [0.29, 0.717) is 3.57 Å². The molecular formula is C15H14F3IN2O2S. The molecule has 0 spiro atoms. The van der Waals surface area contributed by atoms with Gasteiger partial charge in [-0.25, -0.2) is 13.2 Å². The number of nitrogens with one attached hydrogen (secondary N) is 2. The summed E-state index contributed by atoms with van der Waals surface area (Å²) in [5, 5.41) is 2.54. The second-order valence-corrected chi connectivity index (χ2v) is 6.09. The molecule has 2 rings (SSSR count). The van der Waals surface area contributed by atoms with Gasteiger partial charge in [-0.15, -0.1) is 0 Å². The van der Waals surface area contributed by atoms with Crippen LogP contribution in [0, 0.1) is 21.0 Å². The Labute approximate surface area is 156 Å². The molecule has 24 heavy (non-hydrogen) atoms. The Morgan fingerprint density at radius 2 is 1.83 bits per heavy atom. The number of hydrogen-bond donors (Lipinski definition) is 3. The number of rotatable bonds is 7. The first-order valence-electron chi connectivity index (χ1n) is 6.73. The van der Waals surface area contributed by atoms with Crippen molar-refractivity contribution in [2.75, 3.05) is 30.4 Å². The molecule has 0 aliphatic carbocycles. The number of ether oxygens (including phenoxy) is 2. The van der Waals surface area contributed by atoms with E-state index in [9.17, 15) is 13.2 Å². The Balaban J connectivity index is 2.43. The molecule has 0 saturated heterocycles. The number of halogens is 4. The fourth-order valence-corrected chi connectivity index (χ4v) is 2.58. The molecule has 0 aliphatic heterocycles. The summed E-state index contributed by atoms with van der Waals surface area (Å²) < 4.78 is 55.4. The first-order valence-corrected chi connectivity index (χ1v) is 8.26. The maximum atomic E-state index is 14.2. The largest absolute Gasteiger partial charge is 0.489 e. The molecule has 130 valence electrons. The molecule has 0 heterocycles. The van der Waals surface area contributed by atoms with E-state index in [1.165, 1.54) is 19.2 Å². The van der Waals surface area contributed by atoms with E-state index < -0.39 is 17.5 Å². The molecule has 9 heteroatoms. The molecule has 2 aromatic carbocycles. The van der Waals surface area contributed by atoms with Gasteiger partial charge < -0.3 is 19.5 Å². The van der Waals surface area contributed by atoms with E-state index in [0.717, 1.165) is 6.07 Å². The summed E-state index contributed by atoms with van der Waals surface area (Å²) in [6, 6.07) is 5.21. The van der Waals surface area contributed by atoms with Crippen molar-refractivity contribution in [1.29, 1.82) is 0 Å².